The van der Waals surface area contributed by atoms with Gasteiger partial charge in [-0.05, 0) is 31.4 Å². The lowest BCUT2D eigenvalue weighted by molar-refractivity contribution is -0.132. The normalized spacial score (nSPS) is 22.8. The van der Waals surface area contributed by atoms with Gasteiger partial charge >= 0.3 is 0 Å². The minimum atomic E-state index is -0.444. The summed E-state index contributed by atoms with van der Waals surface area (Å²) in [4.78, 5) is 11.3. The van der Waals surface area contributed by atoms with E-state index in [0.717, 1.165) is 17.7 Å². The molecule has 1 heterocycles. The number of carbonyl (C=O) groups is 1. The molecule has 3 N–H and O–H groups in total. The molecule has 5 nitrogen and oxygen atoms in total. The van der Waals surface area contributed by atoms with Crippen LogP contribution in [0.25, 0.3) is 0 Å². The highest BCUT2D eigenvalue weighted by molar-refractivity contribution is 5.80. The summed E-state index contributed by atoms with van der Waals surface area (Å²) in [6.07, 6.45) is 1.00. The molecule has 1 aromatic carbocycles. The molecule has 2 unspecified atom stereocenters. The van der Waals surface area contributed by atoms with Gasteiger partial charge in [-0.3, -0.25) is 10.2 Å². The van der Waals surface area contributed by atoms with Gasteiger partial charge in [0.05, 0.1) is 6.10 Å². The molecule has 5 heteroatoms. The Morgan fingerprint density at radius 3 is 3.00 bits per heavy atom. The third-order valence-corrected chi connectivity index (χ3v) is 3.06. The number of benzene rings is 1. The van der Waals surface area contributed by atoms with Crippen molar-refractivity contribution in [2.75, 3.05) is 6.61 Å². The van der Waals surface area contributed by atoms with Crippen LogP contribution in [0.2, 0.25) is 0 Å². The van der Waals surface area contributed by atoms with Crippen molar-refractivity contribution in [1.82, 2.24) is 5.43 Å². The minimum absolute atomic E-state index is 0.0492. The average Bonchev–Trinajstić information content (AvgIpc) is 2.86. The first kappa shape index (κ1) is 12.9. The smallest absolute Gasteiger partial charge is 0.263 e. The number of nitrogens with two attached hydrogens (primary N) is 1. The van der Waals surface area contributed by atoms with Crippen molar-refractivity contribution in [3.8, 4) is 5.75 Å². The summed E-state index contributed by atoms with van der Waals surface area (Å²) in [5.41, 5.74) is 3.20. The van der Waals surface area contributed by atoms with Crippen molar-refractivity contribution in [3.63, 3.8) is 0 Å². The molecular weight excluding hydrogens is 232 g/mol. The van der Waals surface area contributed by atoms with E-state index in [0.29, 0.717) is 13.0 Å². The van der Waals surface area contributed by atoms with Crippen LogP contribution in [-0.2, 0) is 9.53 Å². The lowest BCUT2D eigenvalue weighted by Gasteiger charge is -2.14. The fourth-order valence-corrected chi connectivity index (χ4v) is 2.02. The second-order valence-corrected chi connectivity index (χ2v) is 4.41. The van der Waals surface area contributed by atoms with E-state index in [1.165, 1.54) is 0 Å². The molecule has 1 saturated heterocycles. The number of rotatable bonds is 4. The number of para-hydroxylation sites is 1. The first-order valence-electron chi connectivity index (χ1n) is 6.05. The molecule has 0 bridgehead atoms. The maximum Gasteiger partial charge on any atom is 0.263 e. The second kappa shape index (κ2) is 5.84. The van der Waals surface area contributed by atoms with Gasteiger partial charge < -0.3 is 9.47 Å². The van der Waals surface area contributed by atoms with Crippen LogP contribution in [0.15, 0.2) is 24.3 Å². The van der Waals surface area contributed by atoms with Crippen LogP contribution in [-0.4, -0.2) is 24.7 Å². The van der Waals surface area contributed by atoms with Crippen molar-refractivity contribution in [2.45, 2.75) is 32.0 Å². The summed E-state index contributed by atoms with van der Waals surface area (Å²) in [6.45, 7) is 2.45. The first-order chi connectivity index (χ1) is 8.70. The fourth-order valence-electron chi connectivity index (χ4n) is 2.02. The number of aryl methyl sites for hydroxylation is 1. The zero-order chi connectivity index (χ0) is 13.0. The molecule has 1 aromatic rings. The Bertz CT molecular complexity index is 422. The van der Waals surface area contributed by atoms with Gasteiger partial charge in [-0.25, -0.2) is 5.84 Å². The molecule has 98 valence electrons. The van der Waals surface area contributed by atoms with Gasteiger partial charge in [0, 0.05) is 0 Å². The molecule has 1 aliphatic heterocycles. The van der Waals surface area contributed by atoms with Crippen LogP contribution < -0.4 is 16.0 Å². The molecule has 1 aliphatic rings. The standard InChI is InChI=1S/C13H18N2O3/c1-9-4-2-3-5-11(9)17-8-10-6-7-12(18-10)13(16)15-14/h2-5,10,12H,6-8,14H2,1H3,(H,15,16). The fraction of sp³-hybridized carbons (Fsp3) is 0.462. The molecular formula is C13H18N2O3. The van der Waals surface area contributed by atoms with Gasteiger partial charge in [0.15, 0.2) is 0 Å². The third kappa shape index (κ3) is 3.00. The van der Waals surface area contributed by atoms with Crippen LogP contribution in [0.5, 0.6) is 5.75 Å². The van der Waals surface area contributed by atoms with Crippen molar-refractivity contribution >= 4 is 5.91 Å². The van der Waals surface area contributed by atoms with Crippen LogP contribution in [0.4, 0.5) is 0 Å². The van der Waals surface area contributed by atoms with Crippen LogP contribution >= 0.6 is 0 Å². The van der Waals surface area contributed by atoms with Crippen molar-refractivity contribution in [2.24, 2.45) is 5.84 Å². The largest absolute Gasteiger partial charge is 0.491 e. The SMILES string of the molecule is Cc1ccccc1OCC1CCC(C(=O)NN)O1. The van der Waals surface area contributed by atoms with E-state index < -0.39 is 6.10 Å². The molecule has 2 atom stereocenters. The Hall–Kier alpha value is -1.59. The van der Waals surface area contributed by atoms with Crippen LogP contribution in [0.1, 0.15) is 18.4 Å². The maximum absolute atomic E-state index is 11.3. The lowest BCUT2D eigenvalue weighted by Crippen LogP contribution is -2.39. The molecule has 0 spiro atoms. The molecule has 0 saturated carbocycles. The van der Waals surface area contributed by atoms with Gasteiger partial charge in [0.2, 0.25) is 0 Å². The van der Waals surface area contributed by atoms with E-state index in [1.807, 2.05) is 31.2 Å². The topological polar surface area (TPSA) is 73.6 Å². The second-order valence-electron chi connectivity index (χ2n) is 4.41. The molecule has 0 radical (unpaired) electrons. The van der Waals surface area contributed by atoms with Gasteiger partial charge in [-0.2, -0.15) is 0 Å². The number of amides is 1. The summed E-state index contributed by atoms with van der Waals surface area (Å²) in [7, 11) is 0. The monoisotopic (exact) mass is 250 g/mol. The predicted octanol–water partition coefficient (Wildman–Crippen LogP) is 0.911. The average molecular weight is 250 g/mol. The lowest BCUT2D eigenvalue weighted by atomic mass is 10.2. The quantitative estimate of drug-likeness (QED) is 0.473. The predicted molar refractivity (Wildman–Crippen MR) is 66.9 cm³/mol. The van der Waals surface area contributed by atoms with E-state index in [2.05, 4.69) is 5.43 Å². The Kier molecular flexibility index (Phi) is 4.17. The Balaban J connectivity index is 1.82. The van der Waals surface area contributed by atoms with Gasteiger partial charge in [-0.1, -0.05) is 18.2 Å². The zero-order valence-corrected chi connectivity index (χ0v) is 10.4. The highest BCUT2D eigenvalue weighted by atomic mass is 16.5. The minimum Gasteiger partial charge on any atom is -0.491 e. The molecule has 1 amide bonds. The molecule has 2 rings (SSSR count). The first-order valence-corrected chi connectivity index (χ1v) is 6.05. The highest BCUT2D eigenvalue weighted by Crippen LogP contribution is 2.22. The van der Waals surface area contributed by atoms with Gasteiger partial charge in [-0.15, -0.1) is 0 Å². The van der Waals surface area contributed by atoms with Crippen LogP contribution in [0, 0.1) is 6.92 Å². The highest BCUT2D eigenvalue weighted by Gasteiger charge is 2.30. The number of hydrogen-bond donors (Lipinski definition) is 2. The van der Waals surface area contributed by atoms with Gasteiger partial charge in [0.25, 0.3) is 5.91 Å². The summed E-state index contributed by atoms with van der Waals surface area (Å²) in [5, 5.41) is 0. The number of hydrogen-bond acceptors (Lipinski definition) is 4. The number of carbonyl (C=O) groups excluding carboxylic acids is 1. The number of nitrogens with one attached hydrogen (secondary N) is 1. The van der Waals surface area contributed by atoms with E-state index in [1.54, 1.807) is 0 Å². The maximum atomic E-state index is 11.3. The molecule has 18 heavy (non-hydrogen) atoms. The van der Waals surface area contributed by atoms with E-state index in [9.17, 15) is 4.79 Å². The van der Waals surface area contributed by atoms with Crippen molar-refractivity contribution in [3.05, 3.63) is 29.8 Å². The Morgan fingerprint density at radius 1 is 1.50 bits per heavy atom. The summed E-state index contributed by atoms with van der Waals surface area (Å²) in [5.74, 6) is 5.66. The van der Waals surface area contributed by atoms with E-state index in [4.69, 9.17) is 15.3 Å². The van der Waals surface area contributed by atoms with Gasteiger partial charge in [0.1, 0.15) is 18.5 Å². The third-order valence-electron chi connectivity index (χ3n) is 3.06. The van der Waals surface area contributed by atoms with E-state index in [-0.39, 0.29) is 12.0 Å². The van der Waals surface area contributed by atoms with Crippen LogP contribution in [0.3, 0.4) is 0 Å². The number of hydrazine groups is 1. The number of ether oxygens (including phenoxy) is 2. The van der Waals surface area contributed by atoms with Crippen molar-refractivity contribution < 1.29 is 14.3 Å². The molecule has 0 aromatic heterocycles. The zero-order valence-electron chi connectivity index (χ0n) is 10.4. The Labute approximate surface area is 106 Å². The van der Waals surface area contributed by atoms with Crippen molar-refractivity contribution in [1.29, 1.82) is 0 Å². The molecule has 0 aliphatic carbocycles. The summed E-state index contributed by atoms with van der Waals surface area (Å²) >= 11 is 0. The van der Waals surface area contributed by atoms with E-state index >= 15 is 0 Å². The molecule has 1 fully saturated rings. The summed E-state index contributed by atoms with van der Waals surface area (Å²) in [6, 6.07) is 7.82. The summed E-state index contributed by atoms with van der Waals surface area (Å²) < 4.78 is 11.3. The Morgan fingerprint density at radius 2 is 2.28 bits per heavy atom.